The van der Waals surface area contributed by atoms with Crippen LogP contribution in [0, 0.1) is 0 Å². The lowest BCUT2D eigenvalue weighted by molar-refractivity contribution is 0.669. The fourth-order valence-corrected chi connectivity index (χ4v) is 7.10. The van der Waals surface area contributed by atoms with Crippen molar-refractivity contribution in [1.29, 1.82) is 0 Å². The van der Waals surface area contributed by atoms with Crippen molar-refractivity contribution in [3.05, 3.63) is 133 Å². The van der Waals surface area contributed by atoms with E-state index in [0.29, 0.717) is 23.4 Å². The van der Waals surface area contributed by atoms with E-state index in [1.165, 1.54) is 0 Å². The van der Waals surface area contributed by atoms with Gasteiger partial charge in [0.25, 0.3) is 0 Å². The molecular weight excluding hydrogens is 596 g/mol. The van der Waals surface area contributed by atoms with Gasteiger partial charge in [0.15, 0.2) is 11.6 Å². The van der Waals surface area contributed by atoms with Gasteiger partial charge in [0.2, 0.25) is 11.7 Å². The van der Waals surface area contributed by atoms with Crippen LogP contribution in [0.15, 0.2) is 142 Å². The van der Waals surface area contributed by atoms with Crippen molar-refractivity contribution >= 4 is 71.7 Å². The van der Waals surface area contributed by atoms with E-state index in [-0.39, 0.29) is 0 Å². The van der Waals surface area contributed by atoms with Gasteiger partial charge in [0.05, 0.1) is 33.2 Å². The molecule has 0 aliphatic heterocycles. The van der Waals surface area contributed by atoms with E-state index in [4.69, 9.17) is 28.8 Å². The summed E-state index contributed by atoms with van der Waals surface area (Å²) in [4.78, 5) is 20.6. The lowest BCUT2D eigenvalue weighted by atomic mass is 10.1. The van der Waals surface area contributed by atoms with Gasteiger partial charge < -0.3 is 8.83 Å². The molecule has 0 bridgehead atoms. The number of benzene rings is 6. The monoisotopic (exact) mass is 618 g/mol. The SMILES string of the molecule is c1ccc2c(c1)nc1n(-c3nc(-c4cccc5c4oc4ccccc45)nc(-c4cccc5c4oc4ccccc45)n3)c3ccccc3n21. The zero-order valence-electron chi connectivity index (χ0n) is 25.2. The topological polar surface area (TPSA) is 87.2 Å². The molecule has 8 nitrogen and oxygen atoms in total. The number of hydrogen-bond acceptors (Lipinski definition) is 6. The number of rotatable bonds is 3. The minimum absolute atomic E-state index is 0.442. The number of para-hydroxylation sites is 8. The van der Waals surface area contributed by atoms with Crippen LogP contribution in [0.3, 0.4) is 0 Å². The first-order valence-corrected chi connectivity index (χ1v) is 15.7. The van der Waals surface area contributed by atoms with Crippen LogP contribution in [-0.2, 0) is 0 Å². The third-order valence-electron chi connectivity index (χ3n) is 9.22. The first kappa shape index (κ1) is 25.4. The number of fused-ring (bicyclic) bond motifs is 11. The van der Waals surface area contributed by atoms with Crippen molar-refractivity contribution in [2.45, 2.75) is 0 Å². The first-order chi connectivity index (χ1) is 23.8. The molecule has 0 atom stereocenters. The molecule has 0 saturated carbocycles. The van der Waals surface area contributed by atoms with E-state index in [9.17, 15) is 0 Å². The van der Waals surface area contributed by atoms with Gasteiger partial charge in [-0.25, -0.2) is 14.5 Å². The lowest BCUT2D eigenvalue weighted by Gasteiger charge is -2.10. The molecule has 5 aromatic heterocycles. The predicted molar refractivity (Wildman–Crippen MR) is 188 cm³/mol. The highest BCUT2D eigenvalue weighted by molar-refractivity contribution is 6.10. The van der Waals surface area contributed by atoms with E-state index >= 15 is 0 Å². The number of hydrogen-bond donors (Lipinski definition) is 0. The van der Waals surface area contributed by atoms with Gasteiger partial charge in [-0.2, -0.15) is 9.97 Å². The molecular formula is C40H22N6O2. The zero-order valence-corrected chi connectivity index (χ0v) is 25.2. The molecule has 0 amide bonds. The average Bonchev–Trinajstić information content (AvgIpc) is 3.89. The summed E-state index contributed by atoms with van der Waals surface area (Å²) in [6.45, 7) is 0. The summed E-state index contributed by atoms with van der Waals surface area (Å²) >= 11 is 0. The van der Waals surface area contributed by atoms with Gasteiger partial charge in [0.1, 0.15) is 22.3 Å². The van der Waals surface area contributed by atoms with Gasteiger partial charge in [-0.15, -0.1) is 0 Å². The van der Waals surface area contributed by atoms with Crippen LogP contribution in [-0.4, -0.2) is 28.9 Å². The number of furan rings is 2. The second kappa shape index (κ2) is 9.37. The second-order valence-corrected chi connectivity index (χ2v) is 11.9. The maximum atomic E-state index is 6.46. The van der Waals surface area contributed by atoms with Crippen molar-refractivity contribution in [3.63, 3.8) is 0 Å². The summed E-state index contributed by atoms with van der Waals surface area (Å²) < 4.78 is 17.1. The average molecular weight is 619 g/mol. The van der Waals surface area contributed by atoms with Crippen molar-refractivity contribution in [3.8, 4) is 28.7 Å². The maximum Gasteiger partial charge on any atom is 0.241 e. The summed E-state index contributed by atoms with van der Waals surface area (Å²) in [6, 6.07) is 44.7. The highest BCUT2D eigenvalue weighted by Crippen LogP contribution is 2.38. The van der Waals surface area contributed by atoms with Gasteiger partial charge in [-0.3, -0.25) is 4.40 Å². The van der Waals surface area contributed by atoms with E-state index < -0.39 is 0 Å². The molecule has 0 radical (unpaired) electrons. The number of nitrogens with zero attached hydrogens (tertiary/aromatic N) is 6. The Morgan fingerprint density at radius 1 is 0.417 bits per heavy atom. The molecule has 11 aromatic rings. The fourth-order valence-electron chi connectivity index (χ4n) is 7.10. The molecule has 0 unspecified atom stereocenters. The van der Waals surface area contributed by atoms with Crippen LogP contribution >= 0.6 is 0 Å². The van der Waals surface area contributed by atoms with Crippen molar-refractivity contribution < 1.29 is 8.83 Å². The molecule has 0 aliphatic rings. The molecule has 8 heteroatoms. The molecule has 11 rings (SSSR count). The molecule has 0 saturated heterocycles. The van der Waals surface area contributed by atoms with Crippen LogP contribution in [0.1, 0.15) is 0 Å². The van der Waals surface area contributed by atoms with Crippen LogP contribution in [0.2, 0.25) is 0 Å². The Balaban J connectivity index is 1.27. The largest absolute Gasteiger partial charge is 0.455 e. The van der Waals surface area contributed by atoms with Crippen LogP contribution in [0.4, 0.5) is 0 Å². The molecule has 0 spiro atoms. The summed E-state index contributed by atoms with van der Waals surface area (Å²) in [5.74, 6) is 2.13. The fraction of sp³-hybridized carbons (Fsp3) is 0. The number of imidazole rings is 2. The quantitative estimate of drug-likeness (QED) is 0.196. The van der Waals surface area contributed by atoms with Gasteiger partial charge >= 0.3 is 0 Å². The zero-order chi connectivity index (χ0) is 31.3. The Hall–Kier alpha value is -6.80. The summed E-state index contributed by atoms with van der Waals surface area (Å²) in [5.41, 5.74) is 8.43. The number of aromatic nitrogens is 6. The minimum atomic E-state index is 0.442. The molecule has 5 heterocycles. The van der Waals surface area contributed by atoms with Crippen LogP contribution in [0.5, 0.6) is 0 Å². The smallest absolute Gasteiger partial charge is 0.241 e. The Morgan fingerprint density at radius 2 is 0.938 bits per heavy atom. The molecule has 0 aliphatic carbocycles. The van der Waals surface area contributed by atoms with E-state index in [0.717, 1.165) is 77.1 Å². The summed E-state index contributed by atoms with van der Waals surface area (Å²) in [7, 11) is 0. The minimum Gasteiger partial charge on any atom is -0.455 e. The molecule has 48 heavy (non-hydrogen) atoms. The second-order valence-electron chi connectivity index (χ2n) is 11.9. The van der Waals surface area contributed by atoms with Crippen molar-refractivity contribution in [1.82, 2.24) is 28.9 Å². The molecule has 224 valence electrons. The first-order valence-electron chi connectivity index (χ1n) is 15.7. The third-order valence-corrected chi connectivity index (χ3v) is 9.22. The lowest BCUT2D eigenvalue weighted by Crippen LogP contribution is -2.07. The normalized spacial score (nSPS) is 12.2. The van der Waals surface area contributed by atoms with Gasteiger partial charge in [0, 0.05) is 21.5 Å². The molecule has 6 aromatic carbocycles. The highest BCUT2D eigenvalue weighted by atomic mass is 16.3. The highest BCUT2D eigenvalue weighted by Gasteiger charge is 2.23. The Labute approximate surface area is 271 Å². The van der Waals surface area contributed by atoms with Gasteiger partial charge in [-0.1, -0.05) is 84.9 Å². The van der Waals surface area contributed by atoms with Crippen molar-refractivity contribution in [2.75, 3.05) is 0 Å². The summed E-state index contributed by atoms with van der Waals surface area (Å²) in [5, 5.41) is 4.08. The standard InChI is InChI=1S/C40H22N6O2/c1-7-21-33-23(11-1)25-13-9-15-27(35(25)47-33)37-42-38(28-16-10-14-26-24-12-2-8-22-34(24)48-36(26)28)44-39(43-37)46-32-20-6-5-19-31(32)45-30-18-4-3-17-29(30)41-40(45)46/h1-22H. The van der Waals surface area contributed by atoms with E-state index in [2.05, 4.69) is 46.9 Å². The predicted octanol–water partition coefficient (Wildman–Crippen LogP) is 9.75. The molecule has 0 N–H and O–H groups in total. The van der Waals surface area contributed by atoms with E-state index in [1.807, 2.05) is 95.6 Å². The third kappa shape index (κ3) is 3.43. The summed E-state index contributed by atoms with van der Waals surface area (Å²) in [6.07, 6.45) is 0. The van der Waals surface area contributed by atoms with Crippen molar-refractivity contribution in [2.24, 2.45) is 0 Å². The van der Waals surface area contributed by atoms with Gasteiger partial charge in [-0.05, 0) is 48.5 Å². The van der Waals surface area contributed by atoms with E-state index in [1.54, 1.807) is 0 Å². The van der Waals surface area contributed by atoms with Crippen LogP contribution < -0.4 is 0 Å². The Morgan fingerprint density at radius 3 is 1.58 bits per heavy atom. The Bertz CT molecular complexity index is 2960. The molecule has 0 fully saturated rings. The maximum absolute atomic E-state index is 6.46. The Kier molecular flexibility index (Phi) is 4.96. The van der Waals surface area contributed by atoms with Crippen LogP contribution in [0.25, 0.3) is 100 Å².